The molecule has 3 atom stereocenters. The third kappa shape index (κ3) is 3.14. The molecule has 1 aromatic carbocycles. The monoisotopic (exact) mass is 246 g/mol. The molecule has 0 heterocycles. The van der Waals surface area contributed by atoms with Gasteiger partial charge in [0, 0.05) is 0 Å². The van der Waals surface area contributed by atoms with Crippen molar-refractivity contribution in [2.75, 3.05) is 0 Å². The van der Waals surface area contributed by atoms with Crippen LogP contribution in [0.15, 0.2) is 24.3 Å². The summed E-state index contributed by atoms with van der Waals surface area (Å²) in [5.74, 6) is 1.79. The van der Waals surface area contributed by atoms with Gasteiger partial charge in [0.05, 0.1) is 6.10 Å². The molecule has 0 bridgehead atoms. The van der Waals surface area contributed by atoms with Crippen LogP contribution in [0.2, 0.25) is 0 Å². The third-order valence-electron chi connectivity index (χ3n) is 4.27. The van der Waals surface area contributed by atoms with Crippen LogP contribution in [0, 0.1) is 17.8 Å². The molecule has 18 heavy (non-hydrogen) atoms. The molecule has 2 rings (SSSR count). The van der Waals surface area contributed by atoms with Crippen molar-refractivity contribution in [1.82, 2.24) is 0 Å². The highest BCUT2D eigenvalue weighted by Gasteiger charge is 2.30. The second-order valence-electron chi connectivity index (χ2n) is 6.36. The quantitative estimate of drug-likeness (QED) is 0.837. The molecule has 100 valence electrons. The maximum absolute atomic E-state index is 10.5. The van der Waals surface area contributed by atoms with Crippen LogP contribution in [0.25, 0.3) is 0 Å². The minimum absolute atomic E-state index is 0.269. The average Bonchev–Trinajstić information content (AvgIpc) is 2.74. The Labute approximate surface area is 111 Å². The highest BCUT2D eigenvalue weighted by atomic mass is 16.3. The van der Waals surface area contributed by atoms with E-state index in [1.807, 2.05) is 0 Å². The van der Waals surface area contributed by atoms with Crippen LogP contribution in [0.3, 0.4) is 0 Å². The molecule has 0 spiro atoms. The van der Waals surface area contributed by atoms with E-state index in [9.17, 15) is 5.11 Å². The zero-order valence-electron chi connectivity index (χ0n) is 11.9. The van der Waals surface area contributed by atoms with Gasteiger partial charge in [-0.1, -0.05) is 57.9 Å². The van der Waals surface area contributed by atoms with E-state index in [2.05, 4.69) is 45.0 Å². The van der Waals surface area contributed by atoms with Crippen LogP contribution >= 0.6 is 0 Å². The first-order valence-electron chi connectivity index (χ1n) is 7.35. The van der Waals surface area contributed by atoms with Crippen molar-refractivity contribution in [3.05, 3.63) is 35.4 Å². The summed E-state index contributed by atoms with van der Waals surface area (Å²) in [6.07, 6.45) is 4.55. The Kier molecular flexibility index (Phi) is 4.45. The number of benzene rings is 1. The fourth-order valence-corrected chi connectivity index (χ4v) is 3.27. The van der Waals surface area contributed by atoms with Gasteiger partial charge < -0.3 is 5.11 Å². The van der Waals surface area contributed by atoms with Gasteiger partial charge in [-0.05, 0) is 41.7 Å². The Morgan fingerprint density at radius 1 is 1.28 bits per heavy atom. The first-order chi connectivity index (χ1) is 8.58. The van der Waals surface area contributed by atoms with Crippen molar-refractivity contribution in [3.63, 3.8) is 0 Å². The highest BCUT2D eigenvalue weighted by molar-refractivity contribution is 5.26. The second-order valence-corrected chi connectivity index (χ2v) is 6.36. The smallest absolute Gasteiger partial charge is 0.0820 e. The Balaban J connectivity index is 2.12. The summed E-state index contributed by atoms with van der Waals surface area (Å²) in [4.78, 5) is 0. The van der Waals surface area contributed by atoms with E-state index >= 15 is 0 Å². The molecule has 0 amide bonds. The molecule has 1 aromatic rings. The molecule has 1 aliphatic carbocycles. The Morgan fingerprint density at radius 3 is 2.67 bits per heavy atom. The standard InChI is InChI=1S/C17H26O/c1-12(2)10-14-7-5-8-15(11-14)17(18)16-9-4-6-13(16)3/h5,7-8,11-13,16-18H,4,6,9-10H2,1-3H3. The molecule has 0 saturated heterocycles. The van der Waals surface area contributed by atoms with Gasteiger partial charge >= 0.3 is 0 Å². The normalized spacial score (nSPS) is 25.6. The van der Waals surface area contributed by atoms with E-state index in [0.29, 0.717) is 17.8 Å². The topological polar surface area (TPSA) is 20.2 Å². The van der Waals surface area contributed by atoms with E-state index in [4.69, 9.17) is 0 Å². The summed E-state index contributed by atoms with van der Waals surface area (Å²) in [6.45, 7) is 6.75. The van der Waals surface area contributed by atoms with Gasteiger partial charge in [0.1, 0.15) is 0 Å². The zero-order valence-corrected chi connectivity index (χ0v) is 11.9. The van der Waals surface area contributed by atoms with Crippen molar-refractivity contribution in [3.8, 4) is 0 Å². The Hall–Kier alpha value is -0.820. The third-order valence-corrected chi connectivity index (χ3v) is 4.27. The van der Waals surface area contributed by atoms with Gasteiger partial charge in [0.2, 0.25) is 0 Å². The van der Waals surface area contributed by atoms with E-state index in [1.54, 1.807) is 0 Å². The predicted octanol–water partition coefficient (Wildman–Crippen LogP) is 4.35. The molecule has 1 N–H and O–H groups in total. The van der Waals surface area contributed by atoms with E-state index < -0.39 is 0 Å². The van der Waals surface area contributed by atoms with Crippen LogP contribution in [0.4, 0.5) is 0 Å². The van der Waals surface area contributed by atoms with E-state index in [-0.39, 0.29) is 6.10 Å². The molecule has 1 saturated carbocycles. The SMILES string of the molecule is CC(C)Cc1cccc(C(O)C2CCCC2C)c1. The van der Waals surface area contributed by atoms with Gasteiger partial charge in [-0.15, -0.1) is 0 Å². The summed E-state index contributed by atoms with van der Waals surface area (Å²) in [5, 5.41) is 10.5. The van der Waals surface area contributed by atoms with Crippen molar-refractivity contribution < 1.29 is 5.11 Å². The predicted molar refractivity (Wildman–Crippen MR) is 76.4 cm³/mol. The molecule has 0 radical (unpaired) electrons. The van der Waals surface area contributed by atoms with Crippen LogP contribution in [0.1, 0.15) is 57.3 Å². The molecule has 1 aliphatic rings. The maximum Gasteiger partial charge on any atom is 0.0820 e. The Bertz CT molecular complexity index is 383. The van der Waals surface area contributed by atoms with E-state index in [0.717, 1.165) is 12.0 Å². The van der Waals surface area contributed by atoms with Crippen LogP contribution in [0.5, 0.6) is 0 Å². The Morgan fingerprint density at radius 2 is 2.06 bits per heavy atom. The summed E-state index contributed by atoms with van der Waals surface area (Å²) in [5.41, 5.74) is 2.47. The fraction of sp³-hybridized carbons (Fsp3) is 0.647. The average molecular weight is 246 g/mol. The molecule has 0 aromatic heterocycles. The molecular formula is C17H26O. The number of aliphatic hydroxyl groups is 1. The summed E-state index contributed by atoms with van der Waals surface area (Å²) in [6, 6.07) is 8.55. The number of aliphatic hydroxyl groups excluding tert-OH is 1. The lowest BCUT2D eigenvalue weighted by Crippen LogP contribution is -2.15. The molecule has 1 nitrogen and oxygen atoms in total. The van der Waals surface area contributed by atoms with Gasteiger partial charge in [-0.25, -0.2) is 0 Å². The molecule has 0 aliphatic heterocycles. The van der Waals surface area contributed by atoms with Crippen LogP contribution in [-0.2, 0) is 6.42 Å². The first kappa shape index (κ1) is 13.6. The largest absolute Gasteiger partial charge is 0.388 e. The van der Waals surface area contributed by atoms with Gasteiger partial charge in [0.25, 0.3) is 0 Å². The summed E-state index contributed by atoms with van der Waals surface area (Å²) in [7, 11) is 0. The van der Waals surface area contributed by atoms with Crippen molar-refractivity contribution in [2.45, 2.75) is 52.6 Å². The fourth-order valence-electron chi connectivity index (χ4n) is 3.27. The van der Waals surface area contributed by atoms with Crippen molar-refractivity contribution in [2.24, 2.45) is 17.8 Å². The van der Waals surface area contributed by atoms with Crippen LogP contribution in [-0.4, -0.2) is 5.11 Å². The lowest BCUT2D eigenvalue weighted by molar-refractivity contribution is 0.0900. The van der Waals surface area contributed by atoms with Crippen molar-refractivity contribution in [1.29, 1.82) is 0 Å². The lowest BCUT2D eigenvalue weighted by atomic mass is 9.87. The zero-order chi connectivity index (χ0) is 13.1. The first-order valence-corrected chi connectivity index (χ1v) is 7.35. The molecule has 1 fully saturated rings. The van der Waals surface area contributed by atoms with Crippen molar-refractivity contribution >= 4 is 0 Å². The second kappa shape index (κ2) is 5.88. The minimum atomic E-state index is -0.269. The van der Waals surface area contributed by atoms with Gasteiger partial charge in [-0.3, -0.25) is 0 Å². The minimum Gasteiger partial charge on any atom is -0.388 e. The van der Waals surface area contributed by atoms with Gasteiger partial charge in [0.15, 0.2) is 0 Å². The summed E-state index contributed by atoms with van der Waals surface area (Å²) < 4.78 is 0. The maximum atomic E-state index is 10.5. The number of hydrogen-bond donors (Lipinski definition) is 1. The summed E-state index contributed by atoms with van der Waals surface area (Å²) >= 11 is 0. The van der Waals surface area contributed by atoms with E-state index in [1.165, 1.54) is 24.8 Å². The number of hydrogen-bond acceptors (Lipinski definition) is 1. The van der Waals surface area contributed by atoms with Gasteiger partial charge in [-0.2, -0.15) is 0 Å². The lowest BCUT2D eigenvalue weighted by Gasteiger charge is -2.23. The number of rotatable bonds is 4. The molecule has 1 heteroatoms. The highest BCUT2D eigenvalue weighted by Crippen LogP contribution is 2.40. The van der Waals surface area contributed by atoms with Crippen LogP contribution < -0.4 is 0 Å². The molecule has 3 unspecified atom stereocenters. The molecular weight excluding hydrogens is 220 g/mol.